The van der Waals surface area contributed by atoms with E-state index in [-0.39, 0.29) is 23.4 Å². The van der Waals surface area contributed by atoms with Gasteiger partial charge in [-0.1, -0.05) is 27.2 Å². The predicted molar refractivity (Wildman–Crippen MR) is 74.6 cm³/mol. The lowest BCUT2D eigenvalue weighted by molar-refractivity contribution is -0.149. The second-order valence-electron chi connectivity index (χ2n) is 7.62. The average molecular weight is 268 g/mol. The largest absolute Gasteiger partial charge is 0.465 e. The normalized spacial score (nSPS) is 41.4. The Morgan fingerprint density at radius 3 is 2.63 bits per heavy atom. The summed E-state index contributed by atoms with van der Waals surface area (Å²) in [6.45, 7) is 8.86. The van der Waals surface area contributed by atoms with Gasteiger partial charge in [-0.2, -0.15) is 0 Å². The number of rotatable bonds is 2. The molecule has 0 heterocycles. The summed E-state index contributed by atoms with van der Waals surface area (Å²) in [7, 11) is 0. The van der Waals surface area contributed by atoms with Crippen LogP contribution < -0.4 is 0 Å². The van der Waals surface area contributed by atoms with Gasteiger partial charge in [0.25, 0.3) is 0 Å². The summed E-state index contributed by atoms with van der Waals surface area (Å²) < 4.78 is 5.13. The zero-order valence-corrected chi connectivity index (χ0v) is 12.7. The molecular weight excluding hydrogens is 240 g/mol. The molecule has 19 heavy (non-hydrogen) atoms. The molecule has 2 aliphatic carbocycles. The molecule has 0 unspecified atom stereocenters. The molecule has 1 N–H and O–H groups in total. The standard InChI is InChI=1S/C16H28O3/c1-11(17)19-10-12-8-14-15(2,3)6-5-7-16(14,4)9-13(12)18/h12-14,18H,5-10H2,1-4H3/t12-,13+,14+,16-/m1/s1. The van der Waals surface area contributed by atoms with E-state index in [1.165, 1.54) is 26.2 Å². The number of carbonyl (C=O) groups is 1. The van der Waals surface area contributed by atoms with Crippen LogP contribution in [0.5, 0.6) is 0 Å². The molecule has 0 spiro atoms. The molecule has 2 rings (SSSR count). The van der Waals surface area contributed by atoms with Crippen LogP contribution in [-0.4, -0.2) is 23.8 Å². The maximum absolute atomic E-state index is 11.0. The summed E-state index contributed by atoms with van der Waals surface area (Å²) in [5.74, 6) is 0.487. The summed E-state index contributed by atoms with van der Waals surface area (Å²) in [5, 5.41) is 10.4. The second kappa shape index (κ2) is 5.08. The summed E-state index contributed by atoms with van der Waals surface area (Å²) in [4.78, 5) is 11.0. The van der Waals surface area contributed by atoms with E-state index < -0.39 is 0 Å². The van der Waals surface area contributed by atoms with Gasteiger partial charge in [-0.3, -0.25) is 4.79 Å². The van der Waals surface area contributed by atoms with E-state index in [1.807, 2.05) is 0 Å². The Hall–Kier alpha value is -0.570. The lowest BCUT2D eigenvalue weighted by atomic mass is 9.50. The fourth-order valence-corrected chi connectivity index (χ4v) is 4.60. The molecule has 3 heteroatoms. The van der Waals surface area contributed by atoms with Gasteiger partial charge < -0.3 is 9.84 Å². The minimum atomic E-state index is -0.325. The molecule has 0 aromatic rings. The van der Waals surface area contributed by atoms with Crippen molar-refractivity contribution in [2.24, 2.45) is 22.7 Å². The fourth-order valence-electron chi connectivity index (χ4n) is 4.60. The van der Waals surface area contributed by atoms with Gasteiger partial charge in [-0.15, -0.1) is 0 Å². The smallest absolute Gasteiger partial charge is 0.302 e. The topological polar surface area (TPSA) is 46.5 Å². The van der Waals surface area contributed by atoms with Gasteiger partial charge in [-0.05, 0) is 42.4 Å². The quantitative estimate of drug-likeness (QED) is 0.783. The van der Waals surface area contributed by atoms with E-state index in [4.69, 9.17) is 4.74 Å². The van der Waals surface area contributed by atoms with Crippen LogP contribution in [0.25, 0.3) is 0 Å². The minimum Gasteiger partial charge on any atom is -0.465 e. The van der Waals surface area contributed by atoms with Gasteiger partial charge in [0.15, 0.2) is 0 Å². The van der Waals surface area contributed by atoms with Crippen molar-refractivity contribution in [3.63, 3.8) is 0 Å². The van der Waals surface area contributed by atoms with Crippen LogP contribution in [0.4, 0.5) is 0 Å². The summed E-state index contributed by atoms with van der Waals surface area (Å²) >= 11 is 0. The van der Waals surface area contributed by atoms with E-state index >= 15 is 0 Å². The number of carbonyl (C=O) groups excluding carboxylic acids is 1. The highest BCUT2D eigenvalue weighted by molar-refractivity contribution is 5.65. The molecule has 0 aliphatic heterocycles. The lowest BCUT2D eigenvalue weighted by Crippen LogP contribution is -2.51. The minimum absolute atomic E-state index is 0.111. The first-order chi connectivity index (χ1) is 8.74. The van der Waals surface area contributed by atoms with Crippen LogP contribution in [0.15, 0.2) is 0 Å². The number of fused-ring (bicyclic) bond motifs is 1. The summed E-state index contributed by atoms with van der Waals surface area (Å²) in [6.07, 6.45) is 5.27. The molecule has 4 atom stereocenters. The van der Waals surface area contributed by atoms with E-state index in [0.717, 1.165) is 12.8 Å². The van der Waals surface area contributed by atoms with Crippen molar-refractivity contribution in [2.75, 3.05) is 6.61 Å². The number of aliphatic hydroxyl groups excluding tert-OH is 1. The van der Waals surface area contributed by atoms with Crippen LogP contribution in [0.1, 0.15) is 59.8 Å². The summed E-state index contributed by atoms with van der Waals surface area (Å²) in [6, 6.07) is 0. The van der Waals surface area contributed by atoms with Gasteiger partial charge in [0.1, 0.15) is 0 Å². The lowest BCUT2D eigenvalue weighted by Gasteiger charge is -2.56. The molecular formula is C16H28O3. The molecule has 0 aromatic heterocycles. The molecule has 2 aliphatic rings. The maximum atomic E-state index is 11.0. The van der Waals surface area contributed by atoms with Crippen molar-refractivity contribution < 1.29 is 14.6 Å². The second-order valence-corrected chi connectivity index (χ2v) is 7.62. The van der Waals surface area contributed by atoms with E-state index in [1.54, 1.807) is 0 Å². The number of ether oxygens (including phenoxy) is 1. The average Bonchev–Trinajstić information content (AvgIpc) is 2.25. The SMILES string of the molecule is CC(=O)OC[C@H]1C[C@H]2C(C)(C)CCC[C@]2(C)C[C@@H]1O. The van der Waals surface area contributed by atoms with Gasteiger partial charge in [0, 0.05) is 12.8 Å². The Morgan fingerprint density at radius 1 is 1.32 bits per heavy atom. The third kappa shape index (κ3) is 2.96. The predicted octanol–water partition coefficient (Wildman–Crippen LogP) is 3.15. The monoisotopic (exact) mass is 268 g/mol. The Bertz CT molecular complexity index is 350. The van der Waals surface area contributed by atoms with Gasteiger partial charge >= 0.3 is 5.97 Å². The molecule has 0 radical (unpaired) electrons. The number of hydrogen-bond acceptors (Lipinski definition) is 3. The number of hydrogen-bond donors (Lipinski definition) is 1. The Morgan fingerprint density at radius 2 is 2.00 bits per heavy atom. The van der Waals surface area contributed by atoms with E-state index in [9.17, 15) is 9.90 Å². The van der Waals surface area contributed by atoms with Crippen LogP contribution in [0, 0.1) is 22.7 Å². The Kier molecular flexibility index (Phi) is 3.97. The van der Waals surface area contributed by atoms with Crippen molar-refractivity contribution in [3.05, 3.63) is 0 Å². The van der Waals surface area contributed by atoms with E-state index in [2.05, 4.69) is 20.8 Å². The first-order valence-corrected chi connectivity index (χ1v) is 7.56. The number of aliphatic hydroxyl groups is 1. The molecule has 2 fully saturated rings. The van der Waals surface area contributed by atoms with E-state index in [0.29, 0.717) is 17.9 Å². The fraction of sp³-hybridized carbons (Fsp3) is 0.938. The molecule has 2 saturated carbocycles. The summed E-state index contributed by atoms with van der Waals surface area (Å²) in [5.41, 5.74) is 0.593. The molecule has 0 aromatic carbocycles. The van der Waals surface area contributed by atoms with Gasteiger partial charge in [0.05, 0.1) is 12.7 Å². The zero-order valence-electron chi connectivity index (χ0n) is 12.7. The molecule has 0 bridgehead atoms. The highest BCUT2D eigenvalue weighted by atomic mass is 16.5. The van der Waals surface area contributed by atoms with Crippen LogP contribution in [0.2, 0.25) is 0 Å². The van der Waals surface area contributed by atoms with Crippen molar-refractivity contribution >= 4 is 5.97 Å². The van der Waals surface area contributed by atoms with Crippen molar-refractivity contribution in [3.8, 4) is 0 Å². The highest BCUT2D eigenvalue weighted by Gasteiger charge is 2.51. The van der Waals surface area contributed by atoms with Crippen molar-refractivity contribution in [1.29, 1.82) is 0 Å². The van der Waals surface area contributed by atoms with Crippen molar-refractivity contribution in [1.82, 2.24) is 0 Å². The Labute approximate surface area is 116 Å². The first-order valence-electron chi connectivity index (χ1n) is 7.56. The highest BCUT2D eigenvalue weighted by Crippen LogP contribution is 2.58. The Balaban J connectivity index is 2.11. The van der Waals surface area contributed by atoms with Gasteiger partial charge in [-0.25, -0.2) is 0 Å². The maximum Gasteiger partial charge on any atom is 0.302 e. The van der Waals surface area contributed by atoms with Crippen LogP contribution in [0.3, 0.4) is 0 Å². The molecule has 3 nitrogen and oxygen atoms in total. The van der Waals surface area contributed by atoms with Crippen LogP contribution >= 0.6 is 0 Å². The third-order valence-electron chi connectivity index (χ3n) is 5.61. The molecule has 0 saturated heterocycles. The van der Waals surface area contributed by atoms with Crippen LogP contribution in [-0.2, 0) is 9.53 Å². The first kappa shape index (κ1) is 14.8. The third-order valence-corrected chi connectivity index (χ3v) is 5.61. The molecule has 110 valence electrons. The van der Waals surface area contributed by atoms with Crippen molar-refractivity contribution in [2.45, 2.75) is 65.9 Å². The zero-order chi connectivity index (χ0) is 14.3. The number of esters is 1. The van der Waals surface area contributed by atoms with Gasteiger partial charge in [0.2, 0.25) is 0 Å². The molecule has 0 amide bonds.